The molecule has 0 aromatic heterocycles. The van der Waals surface area contributed by atoms with Gasteiger partial charge in [0.2, 0.25) is 0 Å². The van der Waals surface area contributed by atoms with Crippen LogP contribution in [0.2, 0.25) is 0 Å². The third-order valence-corrected chi connectivity index (χ3v) is 0.627. The van der Waals surface area contributed by atoms with Gasteiger partial charge in [0, 0.05) is 0 Å². The third-order valence-electron chi connectivity index (χ3n) is 0.627. The first-order valence-electron chi connectivity index (χ1n) is 2.23. The second-order valence-corrected chi connectivity index (χ2v) is 1.33. The minimum Gasteiger partial charge on any atom is -0.299 e. The molecular formula is C5H8O3. The molecule has 3 heteroatoms. The van der Waals surface area contributed by atoms with Gasteiger partial charge in [-0.25, -0.2) is 4.89 Å². The molecule has 0 bridgehead atoms. The number of allylic oxidation sites excluding steroid dienone is 1. The number of rotatable bonds is 3. The SMILES string of the molecule is CC(/C=C/C=O)OO. The lowest BCUT2D eigenvalue weighted by atomic mass is 10.4. The summed E-state index contributed by atoms with van der Waals surface area (Å²) in [4.78, 5) is 13.4. The van der Waals surface area contributed by atoms with Crippen LogP contribution in [0.25, 0.3) is 0 Å². The summed E-state index contributed by atoms with van der Waals surface area (Å²) in [7, 11) is 0. The topological polar surface area (TPSA) is 46.5 Å². The Kier molecular flexibility index (Phi) is 4.11. The van der Waals surface area contributed by atoms with Crippen molar-refractivity contribution in [3.8, 4) is 0 Å². The van der Waals surface area contributed by atoms with Crippen LogP contribution in [0.3, 0.4) is 0 Å². The van der Waals surface area contributed by atoms with Gasteiger partial charge in [0.05, 0.1) is 0 Å². The Morgan fingerprint density at radius 2 is 2.38 bits per heavy atom. The van der Waals surface area contributed by atoms with Crippen molar-refractivity contribution in [2.45, 2.75) is 13.0 Å². The Morgan fingerprint density at radius 3 is 2.75 bits per heavy atom. The molecule has 1 atom stereocenters. The van der Waals surface area contributed by atoms with Gasteiger partial charge in [0.1, 0.15) is 12.4 Å². The molecule has 1 unspecified atom stereocenters. The summed E-state index contributed by atoms with van der Waals surface area (Å²) in [6.07, 6.45) is 2.92. The second kappa shape index (κ2) is 4.49. The van der Waals surface area contributed by atoms with Crippen LogP contribution in [0.4, 0.5) is 0 Å². The maximum Gasteiger partial charge on any atom is 0.142 e. The van der Waals surface area contributed by atoms with E-state index in [4.69, 9.17) is 5.26 Å². The van der Waals surface area contributed by atoms with Gasteiger partial charge in [0.25, 0.3) is 0 Å². The number of aldehydes is 1. The molecule has 0 saturated carbocycles. The van der Waals surface area contributed by atoms with Crippen molar-refractivity contribution in [2.75, 3.05) is 0 Å². The average Bonchev–Trinajstić information content (AvgIpc) is 1.83. The van der Waals surface area contributed by atoms with Crippen molar-refractivity contribution in [3.63, 3.8) is 0 Å². The summed E-state index contributed by atoms with van der Waals surface area (Å²) < 4.78 is 0. The van der Waals surface area contributed by atoms with Crippen molar-refractivity contribution >= 4 is 6.29 Å². The number of hydrogen-bond acceptors (Lipinski definition) is 3. The van der Waals surface area contributed by atoms with E-state index in [1.54, 1.807) is 6.92 Å². The molecule has 0 aliphatic rings. The molecule has 46 valence electrons. The van der Waals surface area contributed by atoms with Crippen LogP contribution in [-0.4, -0.2) is 17.6 Å². The molecule has 0 heterocycles. The first-order valence-corrected chi connectivity index (χ1v) is 2.23. The van der Waals surface area contributed by atoms with Crippen LogP contribution < -0.4 is 0 Å². The quantitative estimate of drug-likeness (QED) is 0.254. The fraction of sp³-hybridized carbons (Fsp3) is 0.400. The van der Waals surface area contributed by atoms with Crippen LogP contribution in [0.15, 0.2) is 12.2 Å². The highest BCUT2D eigenvalue weighted by Crippen LogP contribution is 1.86. The molecule has 0 saturated heterocycles. The van der Waals surface area contributed by atoms with Gasteiger partial charge in [0.15, 0.2) is 0 Å². The fourth-order valence-electron chi connectivity index (χ4n) is 0.237. The second-order valence-electron chi connectivity index (χ2n) is 1.33. The van der Waals surface area contributed by atoms with Crippen molar-refractivity contribution in [2.24, 2.45) is 0 Å². The minimum absolute atomic E-state index is 0.403. The third kappa shape index (κ3) is 3.52. The molecule has 8 heavy (non-hydrogen) atoms. The van der Waals surface area contributed by atoms with Crippen molar-refractivity contribution in [3.05, 3.63) is 12.2 Å². The summed E-state index contributed by atoms with van der Waals surface area (Å²) in [5.41, 5.74) is 0. The molecule has 0 amide bonds. The Bertz CT molecular complexity index is 87.7. The van der Waals surface area contributed by atoms with E-state index in [1.807, 2.05) is 0 Å². The van der Waals surface area contributed by atoms with E-state index in [2.05, 4.69) is 4.89 Å². The van der Waals surface area contributed by atoms with Gasteiger partial charge < -0.3 is 0 Å². The van der Waals surface area contributed by atoms with Crippen LogP contribution in [-0.2, 0) is 9.68 Å². The van der Waals surface area contributed by atoms with E-state index < -0.39 is 6.10 Å². The molecule has 0 aromatic carbocycles. The number of carbonyl (C=O) groups excluding carboxylic acids is 1. The number of carbonyl (C=O) groups is 1. The first kappa shape index (κ1) is 7.33. The van der Waals surface area contributed by atoms with Crippen LogP contribution in [0.5, 0.6) is 0 Å². The Labute approximate surface area is 47.5 Å². The Balaban J connectivity index is 3.35. The summed E-state index contributed by atoms with van der Waals surface area (Å²) >= 11 is 0. The molecule has 1 N–H and O–H groups in total. The lowest BCUT2D eigenvalue weighted by Gasteiger charge is -1.95. The van der Waals surface area contributed by atoms with Gasteiger partial charge in [-0.15, -0.1) is 0 Å². The molecule has 0 radical (unpaired) electrons. The van der Waals surface area contributed by atoms with E-state index in [1.165, 1.54) is 12.2 Å². The lowest BCUT2D eigenvalue weighted by Crippen LogP contribution is -1.98. The predicted octanol–water partition coefficient (Wildman–Crippen LogP) is 0.620. The zero-order valence-corrected chi connectivity index (χ0v) is 4.57. The van der Waals surface area contributed by atoms with Crippen LogP contribution in [0.1, 0.15) is 6.92 Å². The molecule has 0 fully saturated rings. The summed E-state index contributed by atoms with van der Waals surface area (Å²) in [5, 5.41) is 7.89. The summed E-state index contributed by atoms with van der Waals surface area (Å²) in [5.74, 6) is 0. The minimum atomic E-state index is -0.403. The van der Waals surface area contributed by atoms with E-state index in [9.17, 15) is 4.79 Å². The Morgan fingerprint density at radius 1 is 1.75 bits per heavy atom. The van der Waals surface area contributed by atoms with Crippen molar-refractivity contribution in [1.82, 2.24) is 0 Å². The van der Waals surface area contributed by atoms with E-state index in [0.29, 0.717) is 6.29 Å². The summed E-state index contributed by atoms with van der Waals surface area (Å²) in [6, 6.07) is 0. The maximum absolute atomic E-state index is 9.60. The zero-order valence-electron chi connectivity index (χ0n) is 4.57. The van der Waals surface area contributed by atoms with E-state index in [0.717, 1.165) is 0 Å². The molecule has 0 aromatic rings. The number of hydrogen-bond donors (Lipinski definition) is 1. The average molecular weight is 116 g/mol. The van der Waals surface area contributed by atoms with E-state index >= 15 is 0 Å². The highest BCUT2D eigenvalue weighted by Gasteiger charge is 1.89. The Hall–Kier alpha value is -0.670. The van der Waals surface area contributed by atoms with E-state index in [-0.39, 0.29) is 0 Å². The molecule has 0 rings (SSSR count). The molecule has 0 aliphatic heterocycles. The normalized spacial score (nSPS) is 14.2. The predicted molar refractivity (Wildman–Crippen MR) is 28.4 cm³/mol. The molecule has 0 aliphatic carbocycles. The van der Waals surface area contributed by atoms with Gasteiger partial charge in [-0.05, 0) is 19.1 Å². The maximum atomic E-state index is 9.60. The van der Waals surface area contributed by atoms with Gasteiger partial charge in [-0.2, -0.15) is 0 Å². The fourth-order valence-corrected chi connectivity index (χ4v) is 0.237. The van der Waals surface area contributed by atoms with Crippen molar-refractivity contribution < 1.29 is 14.9 Å². The van der Waals surface area contributed by atoms with Crippen LogP contribution in [0, 0.1) is 0 Å². The molecule has 0 spiro atoms. The highest BCUT2D eigenvalue weighted by molar-refractivity contribution is 5.64. The standard InChI is InChI=1S/C5H8O3/c1-5(8-7)3-2-4-6/h2-5,7H,1H3/b3-2+. The summed E-state index contributed by atoms with van der Waals surface area (Å²) in [6.45, 7) is 1.61. The van der Waals surface area contributed by atoms with Gasteiger partial charge in [-0.3, -0.25) is 10.1 Å². The largest absolute Gasteiger partial charge is 0.299 e. The smallest absolute Gasteiger partial charge is 0.142 e. The molecule has 3 nitrogen and oxygen atoms in total. The lowest BCUT2D eigenvalue weighted by molar-refractivity contribution is -0.261. The first-order chi connectivity index (χ1) is 3.81. The van der Waals surface area contributed by atoms with Crippen molar-refractivity contribution in [1.29, 1.82) is 0 Å². The van der Waals surface area contributed by atoms with Gasteiger partial charge >= 0.3 is 0 Å². The highest BCUT2D eigenvalue weighted by atomic mass is 17.1. The van der Waals surface area contributed by atoms with Crippen LogP contribution >= 0.6 is 0 Å². The zero-order chi connectivity index (χ0) is 6.41. The monoisotopic (exact) mass is 116 g/mol. The molecular weight excluding hydrogens is 108 g/mol. The van der Waals surface area contributed by atoms with Gasteiger partial charge in [-0.1, -0.05) is 0 Å².